The zero-order chi connectivity index (χ0) is 8.58. The van der Waals surface area contributed by atoms with Crippen molar-refractivity contribution >= 4 is 16.5 Å². The third-order valence-electron chi connectivity index (χ3n) is 1.22. The minimum atomic E-state index is -1.56. The summed E-state index contributed by atoms with van der Waals surface area (Å²) in [4.78, 5) is 0. The van der Waals surface area contributed by atoms with Crippen LogP contribution in [0.3, 0.4) is 0 Å². The van der Waals surface area contributed by atoms with E-state index in [1.807, 2.05) is 0 Å². The maximum absolute atomic E-state index is 11.5. The van der Waals surface area contributed by atoms with Crippen molar-refractivity contribution in [1.82, 2.24) is 4.39 Å². The van der Waals surface area contributed by atoms with Gasteiger partial charge in [0, 0.05) is 0 Å². The van der Waals surface area contributed by atoms with Gasteiger partial charge in [0.15, 0.2) is 0 Å². The first-order valence-electron chi connectivity index (χ1n) is 3.63. The van der Waals surface area contributed by atoms with Crippen molar-refractivity contribution in [3.8, 4) is 0 Å². The van der Waals surface area contributed by atoms with E-state index < -0.39 is 16.5 Å². The molecule has 0 heterocycles. The van der Waals surface area contributed by atoms with Gasteiger partial charge in [0.25, 0.3) is 0 Å². The first-order chi connectivity index (χ1) is 4.15. The molecular formula is C6H18LiNOSi2. The van der Waals surface area contributed by atoms with Gasteiger partial charge in [-0.05, 0) is 0 Å². The predicted molar refractivity (Wildman–Crippen MR) is 51.9 cm³/mol. The zero-order valence-corrected chi connectivity index (χ0v) is 10.9. The van der Waals surface area contributed by atoms with Gasteiger partial charge in [0.1, 0.15) is 0 Å². The quantitative estimate of drug-likeness (QED) is 0.424. The van der Waals surface area contributed by atoms with Gasteiger partial charge >= 0.3 is 18.9 Å². The van der Waals surface area contributed by atoms with Gasteiger partial charge in [-0.1, -0.05) is 39.3 Å². The Morgan fingerprint density at radius 2 is 1.00 bits per heavy atom. The van der Waals surface area contributed by atoms with E-state index in [4.69, 9.17) is 0 Å². The molecule has 0 aliphatic rings. The summed E-state index contributed by atoms with van der Waals surface area (Å²) in [5.74, 6) is 0. The Labute approximate surface area is 84.3 Å². The monoisotopic (exact) mass is 183 g/mol. The maximum atomic E-state index is 11.5. The van der Waals surface area contributed by atoms with Crippen LogP contribution in [0.25, 0.3) is 0 Å². The molecular weight excluding hydrogens is 165 g/mol. The molecule has 2 nitrogen and oxygen atoms in total. The maximum Gasteiger partial charge on any atom is 1.00 e. The van der Waals surface area contributed by atoms with Gasteiger partial charge in [0.2, 0.25) is 0 Å². The van der Waals surface area contributed by atoms with Crippen LogP contribution in [0.1, 0.15) is 0 Å². The average Bonchev–Trinajstić information content (AvgIpc) is 1.59. The van der Waals surface area contributed by atoms with Crippen LogP contribution < -0.4 is 18.9 Å². The predicted octanol–water partition coefficient (Wildman–Crippen LogP) is -0.540. The second-order valence-electron chi connectivity index (χ2n) is 4.64. The van der Waals surface area contributed by atoms with Crippen LogP contribution in [-0.4, -0.2) is 20.9 Å². The Bertz CT molecular complexity index is 105. The molecule has 0 aromatic heterocycles. The molecule has 0 aliphatic carbocycles. The second kappa shape index (κ2) is 4.26. The molecule has 0 saturated heterocycles. The topological polar surface area (TPSA) is 26.3 Å². The molecule has 5 heteroatoms. The number of nitrogens with zero attached hydrogens (tertiary/aromatic N) is 1. The molecule has 0 atom stereocenters. The summed E-state index contributed by atoms with van der Waals surface area (Å²) < 4.78 is 1.40. The molecule has 0 bridgehead atoms. The fourth-order valence-electron chi connectivity index (χ4n) is 1.01. The molecule has 0 saturated carbocycles. The van der Waals surface area contributed by atoms with E-state index in [0.717, 1.165) is 0 Å². The summed E-state index contributed by atoms with van der Waals surface area (Å²) in [7, 11) is -3.11. The summed E-state index contributed by atoms with van der Waals surface area (Å²) >= 11 is 0. The van der Waals surface area contributed by atoms with Crippen LogP contribution in [0.4, 0.5) is 0 Å². The molecule has 0 rings (SSSR count). The van der Waals surface area contributed by atoms with Crippen molar-refractivity contribution in [3.05, 3.63) is 5.21 Å². The molecule has 0 aliphatic heterocycles. The molecule has 0 aromatic rings. The van der Waals surface area contributed by atoms with Crippen LogP contribution in [0.5, 0.6) is 0 Å². The Hall–Kier alpha value is 0.951. The Morgan fingerprint density at radius 1 is 0.818 bits per heavy atom. The molecule has 0 N–H and O–H groups in total. The van der Waals surface area contributed by atoms with Crippen molar-refractivity contribution in [3.63, 3.8) is 0 Å². The smallest absolute Gasteiger partial charge is 0.798 e. The van der Waals surface area contributed by atoms with Crippen molar-refractivity contribution in [2.24, 2.45) is 0 Å². The third kappa shape index (κ3) is 5.23. The normalized spacial score (nSPS) is 13.1. The standard InChI is InChI=1S/C6H18NOSi2.Li/c1-9(2,3)7(8)10(4,5)6;/h1-6H3;/q-1;+1. The number of hydrogen-bond acceptors (Lipinski definition) is 2. The first-order valence-corrected chi connectivity index (χ1v) is 10.5. The van der Waals surface area contributed by atoms with Crippen LogP contribution in [0, 0.1) is 5.21 Å². The third-order valence-corrected chi connectivity index (χ3v) is 7.68. The fourth-order valence-corrected chi connectivity index (χ4v) is 9.06. The number of hydrogen-bond donors (Lipinski definition) is 0. The average molecular weight is 183 g/mol. The minimum Gasteiger partial charge on any atom is -0.798 e. The molecule has 11 heavy (non-hydrogen) atoms. The van der Waals surface area contributed by atoms with E-state index in [1.54, 1.807) is 0 Å². The zero-order valence-electron chi connectivity index (χ0n) is 8.86. The van der Waals surface area contributed by atoms with E-state index in [9.17, 15) is 5.21 Å². The summed E-state index contributed by atoms with van der Waals surface area (Å²) in [6.07, 6.45) is 0. The SMILES string of the molecule is C[Si](C)(C)N([O-])[Si](C)(C)C.[Li+]. The van der Waals surface area contributed by atoms with Crippen LogP contribution in [0.2, 0.25) is 39.3 Å². The largest absolute Gasteiger partial charge is 1.00 e. The van der Waals surface area contributed by atoms with Crippen molar-refractivity contribution in [1.29, 1.82) is 0 Å². The van der Waals surface area contributed by atoms with Gasteiger partial charge in [-0.2, -0.15) is 0 Å². The fraction of sp³-hybridized carbons (Fsp3) is 1.00. The van der Waals surface area contributed by atoms with Crippen LogP contribution >= 0.6 is 0 Å². The first kappa shape index (κ1) is 14.5. The van der Waals surface area contributed by atoms with Gasteiger partial charge < -0.3 is 9.60 Å². The van der Waals surface area contributed by atoms with Crippen molar-refractivity contribution in [2.75, 3.05) is 0 Å². The minimum absolute atomic E-state index is 0. The van der Waals surface area contributed by atoms with Crippen LogP contribution in [0.15, 0.2) is 0 Å². The Morgan fingerprint density at radius 3 is 1.00 bits per heavy atom. The summed E-state index contributed by atoms with van der Waals surface area (Å²) in [5.41, 5.74) is 0. The van der Waals surface area contributed by atoms with Gasteiger partial charge in [0.05, 0.1) is 16.5 Å². The molecule has 0 aromatic carbocycles. The molecule has 0 radical (unpaired) electrons. The van der Waals surface area contributed by atoms with Gasteiger partial charge in [-0.25, -0.2) is 0 Å². The summed E-state index contributed by atoms with van der Waals surface area (Å²) in [5, 5.41) is 11.5. The molecule has 0 unspecified atom stereocenters. The molecule has 0 fully saturated rings. The van der Waals surface area contributed by atoms with E-state index in [1.165, 1.54) is 4.39 Å². The van der Waals surface area contributed by atoms with Crippen molar-refractivity contribution in [2.45, 2.75) is 39.3 Å². The molecule has 0 amide bonds. The Balaban J connectivity index is 0. The van der Waals surface area contributed by atoms with Crippen LogP contribution in [-0.2, 0) is 0 Å². The Kier molecular flexibility index (Phi) is 5.61. The van der Waals surface area contributed by atoms with Gasteiger partial charge in [-0.3, -0.25) is 0 Å². The molecule has 62 valence electrons. The van der Waals surface area contributed by atoms with Gasteiger partial charge in [-0.15, -0.1) is 0 Å². The van der Waals surface area contributed by atoms with E-state index in [0.29, 0.717) is 0 Å². The van der Waals surface area contributed by atoms with E-state index in [-0.39, 0.29) is 18.9 Å². The second-order valence-corrected chi connectivity index (χ2v) is 14.6. The number of rotatable bonds is 2. The van der Waals surface area contributed by atoms with Crippen molar-refractivity contribution < 1.29 is 18.9 Å². The molecule has 0 spiro atoms. The van der Waals surface area contributed by atoms with E-state index in [2.05, 4.69) is 39.3 Å². The summed E-state index contributed by atoms with van der Waals surface area (Å²) in [6, 6.07) is 0. The summed E-state index contributed by atoms with van der Waals surface area (Å²) in [6.45, 7) is 12.6. The van der Waals surface area contributed by atoms with E-state index >= 15 is 0 Å².